The molecule has 140 valence electrons. The van der Waals surface area contributed by atoms with E-state index >= 15 is 0 Å². The third-order valence-corrected chi connectivity index (χ3v) is 5.67. The van der Waals surface area contributed by atoms with Crippen LogP contribution in [0.5, 0.6) is 0 Å². The summed E-state index contributed by atoms with van der Waals surface area (Å²) in [5.41, 5.74) is 3.59. The van der Waals surface area contributed by atoms with Crippen molar-refractivity contribution < 1.29 is 4.79 Å². The zero-order valence-electron chi connectivity index (χ0n) is 15.7. The molecule has 0 bridgehead atoms. The maximum Gasteiger partial charge on any atom is 0.223 e. The molecule has 1 aliphatic heterocycles. The molecule has 1 unspecified atom stereocenters. The highest BCUT2D eigenvalue weighted by Crippen LogP contribution is 2.30. The summed E-state index contributed by atoms with van der Waals surface area (Å²) in [5.74, 6) is 0.426. The summed E-state index contributed by atoms with van der Waals surface area (Å²) in [6, 6.07) is 19.2. The molecule has 0 saturated carbocycles. The Morgan fingerprint density at radius 2 is 1.93 bits per heavy atom. The Labute approximate surface area is 160 Å². The molecule has 4 nitrogen and oxygen atoms in total. The van der Waals surface area contributed by atoms with Crippen LogP contribution in [0.2, 0.25) is 0 Å². The molecule has 1 aromatic heterocycles. The second-order valence-electron chi connectivity index (χ2n) is 7.57. The third-order valence-electron chi connectivity index (χ3n) is 5.67. The van der Waals surface area contributed by atoms with Crippen LogP contribution in [0, 0.1) is 5.92 Å². The van der Waals surface area contributed by atoms with Crippen molar-refractivity contribution in [2.24, 2.45) is 5.92 Å². The molecule has 3 N–H and O–H groups in total. The number of benzene rings is 2. The van der Waals surface area contributed by atoms with Gasteiger partial charge in [0.05, 0.1) is 0 Å². The van der Waals surface area contributed by atoms with Gasteiger partial charge >= 0.3 is 0 Å². The van der Waals surface area contributed by atoms with Gasteiger partial charge in [0.1, 0.15) is 0 Å². The van der Waals surface area contributed by atoms with E-state index in [0.717, 1.165) is 24.9 Å². The van der Waals surface area contributed by atoms with E-state index in [1.54, 1.807) is 0 Å². The fourth-order valence-corrected chi connectivity index (χ4v) is 4.19. The van der Waals surface area contributed by atoms with E-state index in [4.69, 9.17) is 0 Å². The second kappa shape index (κ2) is 7.97. The fourth-order valence-electron chi connectivity index (χ4n) is 4.19. The maximum absolute atomic E-state index is 12.8. The number of rotatable bonds is 5. The predicted octanol–water partition coefficient (Wildman–Crippen LogP) is 3.80. The summed E-state index contributed by atoms with van der Waals surface area (Å²) >= 11 is 0. The van der Waals surface area contributed by atoms with Crippen LogP contribution >= 0.6 is 0 Å². The molecule has 2 aromatic carbocycles. The van der Waals surface area contributed by atoms with E-state index in [9.17, 15) is 4.79 Å². The quantitative estimate of drug-likeness (QED) is 0.647. The first kappa shape index (κ1) is 17.8. The smallest absolute Gasteiger partial charge is 0.223 e. The van der Waals surface area contributed by atoms with Crippen molar-refractivity contribution in [3.63, 3.8) is 0 Å². The number of carbonyl (C=O) groups excluding carboxylic acids is 1. The van der Waals surface area contributed by atoms with Gasteiger partial charge in [-0.25, -0.2) is 0 Å². The predicted molar refractivity (Wildman–Crippen MR) is 110 cm³/mol. The summed E-state index contributed by atoms with van der Waals surface area (Å²) in [5, 5.41) is 7.88. The van der Waals surface area contributed by atoms with Gasteiger partial charge in [-0.15, -0.1) is 0 Å². The standard InChI is InChI=1S/C23H27N3O/c1-16-13-18(11-12-24-16)23(27)26-14-20(17-7-3-2-4-8-17)21-15-25-22-10-6-5-9-19(21)22/h2-10,15-16,18,20,24-25H,11-14H2,1H3,(H,26,27)/t16-,18-,20?/m0/s1. The highest BCUT2D eigenvalue weighted by atomic mass is 16.1. The number of hydrogen-bond acceptors (Lipinski definition) is 2. The van der Waals surface area contributed by atoms with Gasteiger partial charge in [0.15, 0.2) is 0 Å². The second-order valence-corrected chi connectivity index (χ2v) is 7.57. The number of amides is 1. The summed E-state index contributed by atoms with van der Waals surface area (Å²) in [7, 11) is 0. The third kappa shape index (κ3) is 3.91. The van der Waals surface area contributed by atoms with Gasteiger partial charge in [0.25, 0.3) is 0 Å². The average Bonchev–Trinajstić information content (AvgIpc) is 3.13. The minimum absolute atomic E-state index is 0.112. The van der Waals surface area contributed by atoms with Crippen molar-refractivity contribution in [1.82, 2.24) is 15.6 Å². The molecule has 1 fully saturated rings. The molecule has 3 aromatic rings. The normalized spacial score (nSPS) is 21.1. The van der Waals surface area contributed by atoms with Crippen LogP contribution in [0.25, 0.3) is 10.9 Å². The van der Waals surface area contributed by atoms with Crippen molar-refractivity contribution in [1.29, 1.82) is 0 Å². The maximum atomic E-state index is 12.8. The van der Waals surface area contributed by atoms with Crippen LogP contribution in [0.3, 0.4) is 0 Å². The van der Waals surface area contributed by atoms with Gasteiger partial charge in [-0.2, -0.15) is 0 Å². The molecule has 0 aliphatic carbocycles. The van der Waals surface area contributed by atoms with E-state index in [1.165, 1.54) is 16.5 Å². The van der Waals surface area contributed by atoms with Crippen molar-refractivity contribution >= 4 is 16.8 Å². The summed E-state index contributed by atoms with van der Waals surface area (Å²) in [6.07, 6.45) is 3.91. The van der Waals surface area contributed by atoms with Gasteiger partial charge in [-0.3, -0.25) is 4.79 Å². The molecule has 0 spiro atoms. The van der Waals surface area contributed by atoms with Crippen LogP contribution < -0.4 is 10.6 Å². The van der Waals surface area contributed by atoms with Crippen LogP contribution in [0.1, 0.15) is 36.8 Å². The highest BCUT2D eigenvalue weighted by Gasteiger charge is 2.26. The zero-order valence-corrected chi connectivity index (χ0v) is 15.7. The van der Waals surface area contributed by atoms with Gasteiger partial charge in [0.2, 0.25) is 5.91 Å². The van der Waals surface area contributed by atoms with Crippen molar-refractivity contribution in [2.45, 2.75) is 31.7 Å². The minimum Gasteiger partial charge on any atom is -0.361 e. The molecule has 4 rings (SSSR count). The first-order valence-electron chi connectivity index (χ1n) is 9.84. The summed E-state index contributed by atoms with van der Waals surface area (Å²) in [4.78, 5) is 16.1. The molecular formula is C23H27N3O. The van der Waals surface area contributed by atoms with E-state index in [-0.39, 0.29) is 17.7 Å². The lowest BCUT2D eigenvalue weighted by atomic mass is 9.89. The SMILES string of the molecule is C[C@H]1C[C@@H](C(=O)NCC(c2ccccc2)c2c[nH]c3ccccc23)CCN1. The molecule has 1 aliphatic rings. The van der Waals surface area contributed by atoms with E-state index in [0.29, 0.717) is 12.6 Å². The number of piperidine rings is 1. The number of aromatic amines is 1. The van der Waals surface area contributed by atoms with Gasteiger partial charge in [0, 0.05) is 41.5 Å². The largest absolute Gasteiger partial charge is 0.361 e. The first-order chi connectivity index (χ1) is 13.2. The molecule has 3 atom stereocenters. The zero-order chi connectivity index (χ0) is 18.6. The molecule has 0 radical (unpaired) electrons. The fraction of sp³-hybridized carbons (Fsp3) is 0.348. The Bertz CT molecular complexity index is 902. The molecule has 1 amide bonds. The minimum atomic E-state index is 0.112. The Balaban J connectivity index is 1.57. The number of carbonyl (C=O) groups is 1. The number of nitrogens with one attached hydrogen (secondary N) is 3. The number of fused-ring (bicyclic) bond motifs is 1. The summed E-state index contributed by atoms with van der Waals surface area (Å²) in [6.45, 7) is 3.69. The Morgan fingerprint density at radius 3 is 2.74 bits per heavy atom. The molecular weight excluding hydrogens is 334 g/mol. The van der Waals surface area contributed by atoms with Crippen molar-refractivity contribution in [2.75, 3.05) is 13.1 Å². The lowest BCUT2D eigenvalue weighted by Crippen LogP contribution is -2.43. The number of aromatic nitrogens is 1. The number of H-pyrrole nitrogens is 1. The van der Waals surface area contributed by atoms with Crippen LogP contribution in [-0.4, -0.2) is 30.0 Å². The van der Waals surface area contributed by atoms with Gasteiger partial charge in [-0.05, 0) is 43.5 Å². The lowest BCUT2D eigenvalue weighted by Gasteiger charge is -2.28. The summed E-state index contributed by atoms with van der Waals surface area (Å²) < 4.78 is 0. The van der Waals surface area contributed by atoms with Crippen LogP contribution in [-0.2, 0) is 4.79 Å². The molecule has 27 heavy (non-hydrogen) atoms. The van der Waals surface area contributed by atoms with E-state index in [1.807, 2.05) is 12.1 Å². The number of hydrogen-bond donors (Lipinski definition) is 3. The number of para-hydroxylation sites is 1. The van der Waals surface area contributed by atoms with Crippen molar-refractivity contribution in [3.05, 3.63) is 71.9 Å². The monoisotopic (exact) mass is 361 g/mol. The highest BCUT2D eigenvalue weighted by molar-refractivity contribution is 5.84. The Morgan fingerprint density at radius 1 is 1.15 bits per heavy atom. The van der Waals surface area contributed by atoms with Crippen molar-refractivity contribution in [3.8, 4) is 0 Å². The molecule has 2 heterocycles. The lowest BCUT2D eigenvalue weighted by molar-refractivity contribution is -0.126. The molecule has 1 saturated heterocycles. The van der Waals surface area contributed by atoms with Crippen LogP contribution in [0.15, 0.2) is 60.8 Å². The topological polar surface area (TPSA) is 56.9 Å². The van der Waals surface area contributed by atoms with E-state index < -0.39 is 0 Å². The van der Waals surface area contributed by atoms with Gasteiger partial charge in [-0.1, -0.05) is 48.5 Å². The molecule has 4 heteroatoms. The average molecular weight is 361 g/mol. The van der Waals surface area contributed by atoms with E-state index in [2.05, 4.69) is 71.2 Å². The Kier molecular flexibility index (Phi) is 5.26. The van der Waals surface area contributed by atoms with Crippen LogP contribution in [0.4, 0.5) is 0 Å². The van der Waals surface area contributed by atoms with Gasteiger partial charge < -0.3 is 15.6 Å². The first-order valence-corrected chi connectivity index (χ1v) is 9.84. The Hall–Kier alpha value is -2.59.